The zero-order chi connectivity index (χ0) is 14.2. The van der Waals surface area contributed by atoms with Crippen molar-refractivity contribution in [3.05, 3.63) is 29.8 Å². The van der Waals surface area contributed by atoms with Gasteiger partial charge in [0.25, 0.3) is 0 Å². The Kier molecular flexibility index (Phi) is 6.60. The van der Waals surface area contributed by atoms with Gasteiger partial charge in [-0.3, -0.25) is 4.79 Å². The molecule has 1 aliphatic heterocycles. The summed E-state index contributed by atoms with van der Waals surface area (Å²) >= 11 is 3.96. The Morgan fingerprint density at radius 1 is 1.35 bits per heavy atom. The van der Waals surface area contributed by atoms with Crippen molar-refractivity contribution in [1.82, 2.24) is 5.32 Å². The second kappa shape index (κ2) is 8.47. The predicted octanol–water partition coefficient (Wildman–Crippen LogP) is 2.59. The quantitative estimate of drug-likeness (QED) is 0.876. The van der Waals surface area contributed by atoms with Gasteiger partial charge in [-0.05, 0) is 24.1 Å². The van der Waals surface area contributed by atoms with Crippen LogP contribution in [0.15, 0.2) is 24.3 Å². The number of thioether (sulfide) groups is 2. The fourth-order valence-corrected chi connectivity index (χ4v) is 4.63. The van der Waals surface area contributed by atoms with Gasteiger partial charge in [0.05, 0.1) is 7.11 Å². The number of benzene rings is 1. The number of nitrogens with one attached hydrogen (secondary N) is 1. The van der Waals surface area contributed by atoms with E-state index in [0.717, 1.165) is 24.5 Å². The van der Waals surface area contributed by atoms with Crippen LogP contribution in [-0.4, -0.2) is 42.1 Å². The van der Waals surface area contributed by atoms with Crippen LogP contribution in [0, 0.1) is 0 Å². The van der Waals surface area contributed by atoms with Crippen molar-refractivity contribution in [1.29, 1.82) is 0 Å². The Morgan fingerprint density at radius 2 is 2.15 bits per heavy atom. The normalized spacial score (nSPS) is 18.6. The highest BCUT2D eigenvalue weighted by Crippen LogP contribution is 2.23. The van der Waals surface area contributed by atoms with Crippen LogP contribution in [0.2, 0.25) is 0 Å². The summed E-state index contributed by atoms with van der Waals surface area (Å²) in [6.07, 6.45) is 1.33. The molecule has 1 aromatic rings. The van der Waals surface area contributed by atoms with Crippen LogP contribution >= 0.6 is 23.5 Å². The SMILES string of the molecule is COc1ccc(CCC(=O)NC[C@@H]2CSCCS2)cc1. The van der Waals surface area contributed by atoms with Gasteiger partial charge < -0.3 is 10.1 Å². The molecule has 5 heteroatoms. The Labute approximate surface area is 129 Å². The first-order valence-corrected chi connectivity index (χ1v) is 9.07. The van der Waals surface area contributed by atoms with E-state index >= 15 is 0 Å². The van der Waals surface area contributed by atoms with Crippen LogP contribution in [0.5, 0.6) is 5.75 Å². The number of aryl methyl sites for hydroxylation is 1. The molecule has 20 heavy (non-hydrogen) atoms. The van der Waals surface area contributed by atoms with E-state index in [4.69, 9.17) is 4.74 Å². The smallest absolute Gasteiger partial charge is 0.220 e. The highest BCUT2D eigenvalue weighted by Gasteiger charge is 2.14. The maximum atomic E-state index is 11.8. The Bertz CT molecular complexity index is 416. The largest absolute Gasteiger partial charge is 0.497 e. The summed E-state index contributed by atoms with van der Waals surface area (Å²) < 4.78 is 5.12. The summed E-state index contributed by atoms with van der Waals surface area (Å²) in [5.74, 6) is 4.61. The van der Waals surface area contributed by atoms with Crippen molar-refractivity contribution in [2.24, 2.45) is 0 Å². The van der Waals surface area contributed by atoms with Gasteiger partial charge in [-0.25, -0.2) is 0 Å². The molecule has 1 aromatic carbocycles. The average Bonchev–Trinajstić information content (AvgIpc) is 2.52. The summed E-state index contributed by atoms with van der Waals surface area (Å²) in [5, 5.41) is 3.63. The molecular formula is C15H21NO2S2. The summed E-state index contributed by atoms with van der Waals surface area (Å²) in [7, 11) is 1.66. The van der Waals surface area contributed by atoms with E-state index in [-0.39, 0.29) is 5.91 Å². The molecule has 0 unspecified atom stereocenters. The first-order valence-electron chi connectivity index (χ1n) is 6.87. The minimum Gasteiger partial charge on any atom is -0.497 e. The molecular weight excluding hydrogens is 290 g/mol. The van der Waals surface area contributed by atoms with E-state index in [9.17, 15) is 4.79 Å². The first kappa shape index (κ1) is 15.6. The van der Waals surface area contributed by atoms with Crippen LogP contribution in [0.25, 0.3) is 0 Å². The van der Waals surface area contributed by atoms with E-state index in [1.54, 1.807) is 7.11 Å². The molecule has 0 saturated carbocycles. The molecule has 0 bridgehead atoms. The maximum absolute atomic E-state index is 11.8. The van der Waals surface area contributed by atoms with Crippen molar-refractivity contribution in [3.8, 4) is 5.75 Å². The van der Waals surface area contributed by atoms with Gasteiger partial charge in [0.15, 0.2) is 0 Å². The van der Waals surface area contributed by atoms with Crippen molar-refractivity contribution >= 4 is 29.4 Å². The third kappa shape index (κ3) is 5.29. The molecule has 2 rings (SSSR count). The topological polar surface area (TPSA) is 38.3 Å². The number of ether oxygens (including phenoxy) is 1. The number of amides is 1. The van der Waals surface area contributed by atoms with Gasteiger partial charge in [-0.15, -0.1) is 0 Å². The van der Waals surface area contributed by atoms with Crippen LogP contribution in [0.1, 0.15) is 12.0 Å². The minimum atomic E-state index is 0.150. The molecule has 1 N–H and O–H groups in total. The second-order valence-electron chi connectivity index (χ2n) is 4.72. The van der Waals surface area contributed by atoms with E-state index in [1.165, 1.54) is 17.1 Å². The van der Waals surface area contributed by atoms with E-state index in [1.807, 2.05) is 47.8 Å². The average molecular weight is 311 g/mol. The highest BCUT2D eigenvalue weighted by molar-refractivity contribution is 8.06. The fraction of sp³-hybridized carbons (Fsp3) is 0.533. The molecule has 0 aliphatic carbocycles. The fourth-order valence-electron chi connectivity index (χ4n) is 2.02. The molecule has 0 spiro atoms. The van der Waals surface area contributed by atoms with Gasteiger partial charge in [0.1, 0.15) is 5.75 Å². The lowest BCUT2D eigenvalue weighted by Gasteiger charge is -2.21. The lowest BCUT2D eigenvalue weighted by Crippen LogP contribution is -2.33. The van der Waals surface area contributed by atoms with Gasteiger partial charge in [0.2, 0.25) is 5.91 Å². The number of hydrogen-bond acceptors (Lipinski definition) is 4. The summed E-state index contributed by atoms with van der Waals surface area (Å²) in [6, 6.07) is 7.89. The van der Waals surface area contributed by atoms with E-state index in [2.05, 4.69) is 5.32 Å². The highest BCUT2D eigenvalue weighted by atomic mass is 32.2. The van der Waals surface area contributed by atoms with Gasteiger partial charge >= 0.3 is 0 Å². The summed E-state index contributed by atoms with van der Waals surface area (Å²) in [6.45, 7) is 0.805. The molecule has 110 valence electrons. The molecule has 0 aromatic heterocycles. The molecule has 1 fully saturated rings. The standard InChI is InChI=1S/C15H21NO2S2/c1-18-13-5-2-12(3-6-13)4-7-15(17)16-10-14-11-19-8-9-20-14/h2-3,5-6,14H,4,7-11H2,1H3,(H,16,17)/t14-/m1/s1. The Hall–Kier alpha value is -0.810. The lowest BCUT2D eigenvalue weighted by molar-refractivity contribution is -0.121. The molecule has 1 heterocycles. The maximum Gasteiger partial charge on any atom is 0.220 e. The number of rotatable bonds is 6. The number of carbonyl (C=O) groups excluding carboxylic acids is 1. The number of hydrogen-bond donors (Lipinski definition) is 1. The van der Waals surface area contributed by atoms with Crippen molar-refractivity contribution in [2.45, 2.75) is 18.1 Å². The third-order valence-corrected chi connectivity index (χ3v) is 6.06. The van der Waals surface area contributed by atoms with Crippen LogP contribution < -0.4 is 10.1 Å². The molecule has 1 amide bonds. The zero-order valence-corrected chi connectivity index (χ0v) is 13.4. The molecule has 1 saturated heterocycles. The molecule has 0 radical (unpaired) electrons. The molecule has 3 nitrogen and oxygen atoms in total. The number of carbonyl (C=O) groups is 1. The van der Waals surface area contributed by atoms with E-state index < -0.39 is 0 Å². The molecule has 1 aliphatic rings. The summed E-state index contributed by atoms with van der Waals surface area (Å²) in [4.78, 5) is 11.8. The van der Waals surface area contributed by atoms with Crippen LogP contribution in [0.4, 0.5) is 0 Å². The minimum absolute atomic E-state index is 0.150. The monoisotopic (exact) mass is 311 g/mol. The van der Waals surface area contributed by atoms with Crippen molar-refractivity contribution in [3.63, 3.8) is 0 Å². The predicted molar refractivity (Wildman–Crippen MR) is 87.9 cm³/mol. The Morgan fingerprint density at radius 3 is 2.80 bits per heavy atom. The van der Waals surface area contributed by atoms with Crippen LogP contribution in [-0.2, 0) is 11.2 Å². The Balaban J connectivity index is 1.66. The van der Waals surface area contributed by atoms with Gasteiger partial charge in [0, 0.05) is 35.5 Å². The van der Waals surface area contributed by atoms with Gasteiger partial charge in [-0.1, -0.05) is 12.1 Å². The van der Waals surface area contributed by atoms with Crippen molar-refractivity contribution in [2.75, 3.05) is 30.9 Å². The number of methoxy groups -OCH3 is 1. The van der Waals surface area contributed by atoms with Crippen molar-refractivity contribution < 1.29 is 9.53 Å². The van der Waals surface area contributed by atoms with Gasteiger partial charge in [-0.2, -0.15) is 23.5 Å². The zero-order valence-electron chi connectivity index (χ0n) is 11.8. The summed E-state index contributed by atoms with van der Waals surface area (Å²) in [5.41, 5.74) is 1.17. The molecule has 1 atom stereocenters. The second-order valence-corrected chi connectivity index (χ2v) is 7.28. The van der Waals surface area contributed by atoms with E-state index in [0.29, 0.717) is 11.7 Å². The first-order chi connectivity index (χ1) is 9.78. The van der Waals surface area contributed by atoms with Crippen LogP contribution in [0.3, 0.4) is 0 Å². The third-order valence-electron chi connectivity index (χ3n) is 3.21. The lowest BCUT2D eigenvalue weighted by atomic mass is 10.1.